The van der Waals surface area contributed by atoms with Crippen molar-refractivity contribution in [1.29, 1.82) is 0 Å². The molecule has 0 bridgehead atoms. The second kappa shape index (κ2) is 13.2. The summed E-state index contributed by atoms with van der Waals surface area (Å²) >= 11 is 0. The Balaban J connectivity index is 3.10. The molecule has 0 spiro atoms. The van der Waals surface area contributed by atoms with Gasteiger partial charge in [0.25, 0.3) is 0 Å². The molecular weight excluding hydrogens is 184 g/mol. The Kier molecular flexibility index (Phi) is 12.4. The number of carbonyl (C=O) groups excluding carboxylic acids is 1. The first-order valence-corrected chi connectivity index (χ1v) is 6.17. The predicted molar refractivity (Wildman–Crippen MR) is 67.0 cm³/mol. The van der Waals surface area contributed by atoms with Crippen molar-refractivity contribution in [2.24, 2.45) is 0 Å². The van der Waals surface area contributed by atoms with Gasteiger partial charge in [0, 0.05) is 0 Å². The zero-order valence-corrected chi connectivity index (χ0v) is 9.95. The van der Waals surface area contributed by atoms with E-state index in [4.69, 9.17) is 0 Å². The first-order chi connectivity index (χ1) is 7.41. The van der Waals surface area contributed by atoms with E-state index in [0.29, 0.717) is 0 Å². The minimum Gasteiger partial charge on any atom is -0.299 e. The molecule has 0 radical (unpaired) electrons. The highest BCUT2D eigenvalue weighted by molar-refractivity contribution is 5.64. The topological polar surface area (TPSA) is 17.1 Å². The third kappa shape index (κ3) is 13.2. The highest BCUT2D eigenvalue weighted by Crippen LogP contribution is 2.04. The first-order valence-electron chi connectivity index (χ1n) is 6.17. The van der Waals surface area contributed by atoms with Gasteiger partial charge in [-0.25, -0.2) is 0 Å². The molecule has 0 fully saturated rings. The van der Waals surface area contributed by atoms with Gasteiger partial charge in [0.2, 0.25) is 0 Å². The van der Waals surface area contributed by atoms with E-state index in [9.17, 15) is 4.79 Å². The maximum absolute atomic E-state index is 9.96. The zero-order valence-electron chi connectivity index (χ0n) is 9.95. The maximum atomic E-state index is 9.96. The Hall–Kier alpha value is -0.850. The third-order valence-corrected chi connectivity index (χ3v) is 2.35. The van der Waals surface area contributed by atoms with Gasteiger partial charge in [-0.1, -0.05) is 44.4 Å². The first kappa shape index (κ1) is 14.2. The van der Waals surface area contributed by atoms with Gasteiger partial charge in [0.1, 0.15) is 6.29 Å². The lowest BCUT2D eigenvalue weighted by atomic mass is 10.1. The van der Waals surface area contributed by atoms with Crippen LogP contribution in [-0.2, 0) is 4.79 Å². The van der Waals surface area contributed by atoms with Gasteiger partial charge in [-0.05, 0) is 38.2 Å². The van der Waals surface area contributed by atoms with E-state index in [1.807, 2.05) is 6.08 Å². The SMILES string of the molecule is CCCCCCC=CCCC/C=C\C=O. The summed E-state index contributed by atoms with van der Waals surface area (Å²) in [5.41, 5.74) is 0. The summed E-state index contributed by atoms with van der Waals surface area (Å²) in [5, 5.41) is 0. The third-order valence-electron chi connectivity index (χ3n) is 2.35. The van der Waals surface area contributed by atoms with Crippen LogP contribution >= 0.6 is 0 Å². The van der Waals surface area contributed by atoms with Crippen LogP contribution < -0.4 is 0 Å². The molecule has 0 saturated heterocycles. The van der Waals surface area contributed by atoms with Crippen LogP contribution in [0.25, 0.3) is 0 Å². The van der Waals surface area contributed by atoms with Crippen LogP contribution in [0.2, 0.25) is 0 Å². The molecule has 0 aliphatic rings. The van der Waals surface area contributed by atoms with Crippen LogP contribution in [0.1, 0.15) is 58.3 Å². The molecule has 0 atom stereocenters. The molecule has 86 valence electrons. The van der Waals surface area contributed by atoms with Crippen molar-refractivity contribution in [2.75, 3.05) is 0 Å². The van der Waals surface area contributed by atoms with Crippen molar-refractivity contribution >= 4 is 6.29 Å². The Labute approximate surface area is 94.3 Å². The lowest BCUT2D eigenvalue weighted by molar-refractivity contribution is -0.104. The highest BCUT2D eigenvalue weighted by atomic mass is 16.1. The van der Waals surface area contributed by atoms with E-state index in [-0.39, 0.29) is 0 Å². The number of carbonyl (C=O) groups is 1. The minimum atomic E-state index is 0.837. The summed E-state index contributed by atoms with van der Waals surface area (Å²) in [6.45, 7) is 2.24. The molecule has 1 heteroatoms. The van der Waals surface area contributed by atoms with E-state index >= 15 is 0 Å². The minimum absolute atomic E-state index is 0.837. The number of hydrogen-bond acceptors (Lipinski definition) is 1. The summed E-state index contributed by atoms with van der Waals surface area (Å²) in [6, 6.07) is 0. The average Bonchev–Trinajstić information content (AvgIpc) is 2.26. The molecule has 0 heterocycles. The van der Waals surface area contributed by atoms with Gasteiger partial charge in [-0.3, -0.25) is 4.79 Å². The summed E-state index contributed by atoms with van der Waals surface area (Å²) < 4.78 is 0. The second-order valence-electron chi connectivity index (χ2n) is 3.82. The van der Waals surface area contributed by atoms with Crippen LogP contribution in [0.4, 0.5) is 0 Å². The fourth-order valence-electron chi connectivity index (χ4n) is 1.43. The number of allylic oxidation sites excluding steroid dienone is 4. The fraction of sp³-hybridized carbons (Fsp3) is 0.643. The van der Waals surface area contributed by atoms with Gasteiger partial charge >= 0.3 is 0 Å². The van der Waals surface area contributed by atoms with E-state index in [0.717, 1.165) is 25.5 Å². The lowest BCUT2D eigenvalue weighted by Gasteiger charge is -1.94. The normalized spacial score (nSPS) is 11.5. The zero-order chi connectivity index (χ0) is 11.2. The molecule has 0 unspecified atom stereocenters. The smallest absolute Gasteiger partial charge is 0.142 e. The quantitative estimate of drug-likeness (QED) is 0.224. The number of unbranched alkanes of at least 4 members (excludes halogenated alkanes) is 6. The maximum Gasteiger partial charge on any atom is 0.142 e. The van der Waals surface area contributed by atoms with E-state index in [1.54, 1.807) is 6.08 Å². The number of hydrogen-bond donors (Lipinski definition) is 0. The van der Waals surface area contributed by atoms with Gasteiger partial charge < -0.3 is 0 Å². The molecule has 0 aromatic rings. The average molecular weight is 208 g/mol. The van der Waals surface area contributed by atoms with Crippen molar-refractivity contribution in [3.8, 4) is 0 Å². The highest BCUT2D eigenvalue weighted by Gasteiger charge is 1.84. The standard InChI is InChI=1S/C14H24O/c1-2-3-4-5-6-7-8-9-10-11-12-13-14-15/h7-8,12-14H,2-6,9-11H2,1H3/b8-7?,13-12-. The summed E-state index contributed by atoms with van der Waals surface area (Å²) in [5.74, 6) is 0. The fourth-order valence-corrected chi connectivity index (χ4v) is 1.43. The second-order valence-corrected chi connectivity index (χ2v) is 3.82. The monoisotopic (exact) mass is 208 g/mol. The molecule has 0 aliphatic carbocycles. The molecule has 0 rings (SSSR count). The molecular formula is C14H24O. The molecule has 0 aromatic carbocycles. The van der Waals surface area contributed by atoms with E-state index in [1.165, 1.54) is 32.1 Å². The molecule has 1 nitrogen and oxygen atoms in total. The molecule has 0 aromatic heterocycles. The van der Waals surface area contributed by atoms with Crippen molar-refractivity contribution in [3.05, 3.63) is 24.3 Å². The van der Waals surface area contributed by atoms with E-state index in [2.05, 4.69) is 19.1 Å². The Morgan fingerprint density at radius 2 is 1.47 bits per heavy atom. The summed E-state index contributed by atoms with van der Waals surface area (Å²) in [7, 11) is 0. The Morgan fingerprint density at radius 3 is 2.13 bits per heavy atom. The molecule has 0 aliphatic heterocycles. The van der Waals surface area contributed by atoms with Crippen molar-refractivity contribution in [3.63, 3.8) is 0 Å². The summed E-state index contributed by atoms with van der Waals surface area (Å²) in [6.07, 6.45) is 18.8. The largest absolute Gasteiger partial charge is 0.299 e. The Morgan fingerprint density at radius 1 is 0.800 bits per heavy atom. The molecule has 0 N–H and O–H groups in total. The van der Waals surface area contributed by atoms with E-state index < -0.39 is 0 Å². The predicted octanol–water partition coefficient (Wildman–Crippen LogP) is 4.44. The lowest BCUT2D eigenvalue weighted by Crippen LogP contribution is -1.74. The molecule has 0 saturated carbocycles. The van der Waals surface area contributed by atoms with Crippen molar-refractivity contribution < 1.29 is 4.79 Å². The van der Waals surface area contributed by atoms with Gasteiger partial charge in [0.15, 0.2) is 0 Å². The van der Waals surface area contributed by atoms with Gasteiger partial charge in [0.05, 0.1) is 0 Å². The van der Waals surface area contributed by atoms with Crippen LogP contribution in [0.5, 0.6) is 0 Å². The van der Waals surface area contributed by atoms with Crippen LogP contribution in [-0.4, -0.2) is 6.29 Å². The molecule has 0 amide bonds. The number of aldehydes is 1. The summed E-state index contributed by atoms with van der Waals surface area (Å²) in [4.78, 5) is 9.96. The van der Waals surface area contributed by atoms with Crippen molar-refractivity contribution in [2.45, 2.75) is 58.3 Å². The van der Waals surface area contributed by atoms with Crippen LogP contribution in [0, 0.1) is 0 Å². The van der Waals surface area contributed by atoms with Gasteiger partial charge in [-0.15, -0.1) is 0 Å². The van der Waals surface area contributed by atoms with Crippen LogP contribution in [0.15, 0.2) is 24.3 Å². The van der Waals surface area contributed by atoms with Gasteiger partial charge in [-0.2, -0.15) is 0 Å². The molecule has 15 heavy (non-hydrogen) atoms. The van der Waals surface area contributed by atoms with Crippen molar-refractivity contribution in [1.82, 2.24) is 0 Å². The van der Waals surface area contributed by atoms with Crippen LogP contribution in [0.3, 0.4) is 0 Å². The Bertz CT molecular complexity index is 180. The number of rotatable bonds is 10.